The summed E-state index contributed by atoms with van der Waals surface area (Å²) in [5, 5.41) is 8.34. The van der Waals surface area contributed by atoms with Gasteiger partial charge >= 0.3 is 5.97 Å². The fourth-order valence-electron chi connectivity index (χ4n) is 0.386. The maximum atomic E-state index is 10.2. The van der Waals surface area contributed by atoms with Crippen LogP contribution in [0.15, 0.2) is 49.1 Å². The first-order valence-electron chi connectivity index (χ1n) is 3.06. The van der Waals surface area contributed by atoms with Gasteiger partial charge in [-0.1, -0.05) is 37.5 Å². The van der Waals surface area contributed by atoms with Gasteiger partial charge in [0, 0.05) is 0 Å². The highest BCUT2D eigenvalue weighted by molar-refractivity contribution is 5.88. The van der Waals surface area contributed by atoms with E-state index in [1.54, 1.807) is 24.3 Å². The van der Waals surface area contributed by atoms with Crippen molar-refractivity contribution in [3.8, 4) is 0 Å². The Morgan fingerprint density at radius 1 is 1.27 bits per heavy atom. The molecule has 0 aliphatic heterocycles. The first-order chi connectivity index (χ1) is 5.18. The van der Waals surface area contributed by atoms with Crippen molar-refractivity contribution < 1.29 is 9.90 Å². The van der Waals surface area contributed by atoms with Crippen LogP contribution in [0.4, 0.5) is 0 Å². The fourth-order valence-corrected chi connectivity index (χ4v) is 0.386. The van der Waals surface area contributed by atoms with Gasteiger partial charge in [0.2, 0.25) is 0 Å². The molecule has 0 bridgehead atoms. The Morgan fingerprint density at radius 2 is 1.91 bits per heavy atom. The number of carboxylic acids is 1. The van der Waals surface area contributed by atoms with E-state index in [-0.39, 0.29) is 5.57 Å². The topological polar surface area (TPSA) is 37.3 Å². The molecule has 0 aromatic rings. The molecule has 0 aliphatic rings. The van der Waals surface area contributed by atoms with Crippen LogP contribution in [0, 0.1) is 0 Å². The molecule has 0 rings (SSSR count). The van der Waals surface area contributed by atoms with Gasteiger partial charge in [0.1, 0.15) is 0 Å². The first kappa shape index (κ1) is 9.43. The molecule has 0 radical (unpaired) electrons. The molecule has 0 heterocycles. The van der Waals surface area contributed by atoms with Crippen LogP contribution >= 0.6 is 0 Å². The molecule has 0 spiro atoms. The Balaban J connectivity index is 3.93. The van der Waals surface area contributed by atoms with Gasteiger partial charge in [0.25, 0.3) is 0 Å². The predicted octanol–water partition coefficient (Wildman–Crippen LogP) is 1.93. The van der Waals surface area contributed by atoms with E-state index in [4.69, 9.17) is 5.11 Å². The number of hydrogen-bond donors (Lipinski definition) is 1. The molecule has 0 saturated carbocycles. The third-order valence-electron chi connectivity index (χ3n) is 0.930. The molecule has 2 nitrogen and oxygen atoms in total. The van der Waals surface area contributed by atoms with Crippen molar-refractivity contribution in [2.75, 3.05) is 0 Å². The van der Waals surface area contributed by atoms with Crippen LogP contribution in [0.2, 0.25) is 0 Å². The van der Waals surface area contributed by atoms with Gasteiger partial charge in [-0.25, -0.2) is 4.79 Å². The zero-order chi connectivity index (χ0) is 8.69. The van der Waals surface area contributed by atoms with E-state index in [1.807, 2.05) is 0 Å². The molecule has 0 atom stereocenters. The van der Waals surface area contributed by atoms with Crippen LogP contribution in [-0.2, 0) is 4.79 Å². The maximum absolute atomic E-state index is 10.2. The number of rotatable bonds is 4. The summed E-state index contributed by atoms with van der Waals surface area (Å²) in [7, 11) is 0. The second kappa shape index (κ2) is 5.23. The average Bonchev–Trinajstić information content (AvgIpc) is 1.97. The van der Waals surface area contributed by atoms with E-state index in [0.717, 1.165) is 0 Å². The zero-order valence-electron chi connectivity index (χ0n) is 6.16. The summed E-state index contributed by atoms with van der Waals surface area (Å²) >= 11 is 0. The standard InChI is InChI=1S/C9H10O2/c1-3-4-5-6-7-8(2)9(10)11/h3-7H,1-2H2,(H,10,11). The quantitative estimate of drug-likeness (QED) is 0.491. The lowest BCUT2D eigenvalue weighted by Gasteiger charge is -1.85. The molecule has 11 heavy (non-hydrogen) atoms. The molecule has 0 unspecified atom stereocenters. The van der Waals surface area contributed by atoms with Gasteiger partial charge in [0.05, 0.1) is 5.57 Å². The minimum Gasteiger partial charge on any atom is -0.478 e. The molecule has 2 heteroatoms. The number of carboxylic acid groups (broad SMARTS) is 1. The van der Waals surface area contributed by atoms with Gasteiger partial charge in [0.15, 0.2) is 0 Å². The van der Waals surface area contributed by atoms with Gasteiger partial charge < -0.3 is 5.11 Å². The number of aliphatic carboxylic acids is 1. The second-order valence-electron chi connectivity index (χ2n) is 1.81. The third kappa shape index (κ3) is 4.90. The number of hydrogen-bond acceptors (Lipinski definition) is 1. The molecule has 0 saturated heterocycles. The summed E-state index contributed by atoms with van der Waals surface area (Å²) < 4.78 is 0. The van der Waals surface area contributed by atoms with Crippen LogP contribution in [0.5, 0.6) is 0 Å². The first-order valence-corrected chi connectivity index (χ1v) is 3.06. The summed E-state index contributed by atoms with van der Waals surface area (Å²) in [6.07, 6.45) is 8.00. The zero-order valence-corrected chi connectivity index (χ0v) is 6.16. The van der Waals surface area contributed by atoms with Crippen molar-refractivity contribution in [2.24, 2.45) is 0 Å². The van der Waals surface area contributed by atoms with Crippen LogP contribution in [0.1, 0.15) is 0 Å². The fraction of sp³-hybridized carbons (Fsp3) is 0. The highest BCUT2D eigenvalue weighted by Crippen LogP contribution is 1.92. The Morgan fingerprint density at radius 3 is 2.36 bits per heavy atom. The Bertz CT molecular complexity index is 222. The Hall–Kier alpha value is -1.57. The largest absolute Gasteiger partial charge is 0.478 e. The molecule has 0 amide bonds. The van der Waals surface area contributed by atoms with E-state index in [9.17, 15) is 4.79 Å². The molecule has 0 aromatic heterocycles. The second-order valence-corrected chi connectivity index (χ2v) is 1.81. The maximum Gasteiger partial charge on any atom is 0.335 e. The summed E-state index contributed by atoms with van der Waals surface area (Å²) in [4.78, 5) is 10.2. The molecule has 0 aliphatic carbocycles. The molecule has 58 valence electrons. The lowest BCUT2D eigenvalue weighted by Crippen LogP contribution is -1.94. The Labute approximate surface area is 65.9 Å². The number of allylic oxidation sites excluding steroid dienone is 4. The summed E-state index contributed by atoms with van der Waals surface area (Å²) in [5.74, 6) is -1.01. The average molecular weight is 150 g/mol. The van der Waals surface area contributed by atoms with Crippen molar-refractivity contribution in [3.63, 3.8) is 0 Å². The molecule has 0 aromatic carbocycles. The molecular formula is C9H10O2. The Kier molecular flexibility index (Phi) is 4.49. The highest BCUT2D eigenvalue weighted by atomic mass is 16.4. The van der Waals surface area contributed by atoms with Gasteiger partial charge in [-0.15, -0.1) is 0 Å². The lowest BCUT2D eigenvalue weighted by atomic mass is 10.3. The normalized spacial score (nSPS) is 10.5. The van der Waals surface area contributed by atoms with E-state index in [0.29, 0.717) is 0 Å². The summed E-state index contributed by atoms with van der Waals surface area (Å²) in [5.41, 5.74) is 0.0683. The van der Waals surface area contributed by atoms with Crippen molar-refractivity contribution in [1.29, 1.82) is 0 Å². The third-order valence-corrected chi connectivity index (χ3v) is 0.930. The minimum atomic E-state index is -1.01. The van der Waals surface area contributed by atoms with Crippen LogP contribution < -0.4 is 0 Å². The molecule has 1 N–H and O–H groups in total. The van der Waals surface area contributed by atoms with Gasteiger partial charge in [-0.05, 0) is 6.08 Å². The van der Waals surface area contributed by atoms with Crippen LogP contribution in [0.25, 0.3) is 0 Å². The summed E-state index contributed by atoms with van der Waals surface area (Å²) in [6.45, 7) is 6.76. The van der Waals surface area contributed by atoms with E-state index in [2.05, 4.69) is 13.2 Å². The minimum absolute atomic E-state index is 0.0683. The van der Waals surface area contributed by atoms with Crippen LogP contribution in [0.3, 0.4) is 0 Å². The van der Waals surface area contributed by atoms with Crippen LogP contribution in [-0.4, -0.2) is 11.1 Å². The highest BCUT2D eigenvalue weighted by Gasteiger charge is 1.95. The van der Waals surface area contributed by atoms with Gasteiger partial charge in [-0.2, -0.15) is 0 Å². The smallest absolute Gasteiger partial charge is 0.335 e. The van der Waals surface area contributed by atoms with E-state index >= 15 is 0 Å². The lowest BCUT2D eigenvalue weighted by molar-refractivity contribution is -0.132. The van der Waals surface area contributed by atoms with Crippen molar-refractivity contribution in [2.45, 2.75) is 0 Å². The molecule has 0 fully saturated rings. The predicted molar refractivity (Wildman–Crippen MR) is 45.3 cm³/mol. The van der Waals surface area contributed by atoms with Crippen molar-refractivity contribution in [3.05, 3.63) is 49.1 Å². The van der Waals surface area contributed by atoms with Gasteiger partial charge in [-0.3, -0.25) is 0 Å². The molecular weight excluding hydrogens is 140 g/mol. The van der Waals surface area contributed by atoms with Crippen molar-refractivity contribution >= 4 is 5.97 Å². The van der Waals surface area contributed by atoms with E-state index in [1.165, 1.54) is 6.08 Å². The van der Waals surface area contributed by atoms with E-state index < -0.39 is 5.97 Å². The van der Waals surface area contributed by atoms with Crippen molar-refractivity contribution in [1.82, 2.24) is 0 Å². The SMILES string of the molecule is C=CC=CC=CC(=C)C(=O)O. The summed E-state index contributed by atoms with van der Waals surface area (Å²) in [6, 6.07) is 0. The monoisotopic (exact) mass is 150 g/mol. The number of carbonyl (C=O) groups is 1.